The number of benzene rings is 1. The molecule has 0 bridgehead atoms. The maximum atomic E-state index is 12.9. The Bertz CT molecular complexity index is 323. The van der Waals surface area contributed by atoms with E-state index in [4.69, 9.17) is 4.74 Å². The minimum Gasteiger partial charge on any atom is -0.496 e. The van der Waals surface area contributed by atoms with Gasteiger partial charge >= 0.3 is 0 Å². The molecule has 0 spiro atoms. The Kier molecular flexibility index (Phi) is 3.11. The highest BCUT2D eigenvalue weighted by atomic mass is 19.1. The molecular weight excluding hydrogens is 181 g/mol. The first-order valence-electron chi connectivity index (χ1n) is 4.54. The summed E-state index contributed by atoms with van der Waals surface area (Å²) in [5, 5.41) is 3.15. The van der Waals surface area contributed by atoms with Gasteiger partial charge in [0.25, 0.3) is 0 Å². The molecule has 2 nitrogen and oxygen atoms in total. The van der Waals surface area contributed by atoms with Crippen LogP contribution >= 0.6 is 0 Å². The van der Waals surface area contributed by atoms with Gasteiger partial charge in [0.1, 0.15) is 11.6 Å². The van der Waals surface area contributed by atoms with E-state index >= 15 is 0 Å². The Balaban J connectivity index is 3.20. The Morgan fingerprint density at radius 2 is 2.00 bits per heavy atom. The molecule has 1 aromatic carbocycles. The third-order valence-electron chi connectivity index (χ3n) is 2.46. The zero-order valence-electron chi connectivity index (χ0n) is 9.02. The maximum Gasteiger partial charge on any atom is 0.126 e. The number of halogens is 1. The van der Waals surface area contributed by atoms with Gasteiger partial charge in [-0.1, -0.05) is 6.07 Å². The topological polar surface area (TPSA) is 21.3 Å². The Labute approximate surface area is 84.1 Å². The molecule has 0 radical (unpaired) electrons. The van der Waals surface area contributed by atoms with Crippen LogP contribution < -0.4 is 10.1 Å². The van der Waals surface area contributed by atoms with E-state index in [1.807, 2.05) is 20.9 Å². The van der Waals surface area contributed by atoms with Crippen molar-refractivity contribution in [3.63, 3.8) is 0 Å². The van der Waals surface area contributed by atoms with Crippen molar-refractivity contribution in [2.75, 3.05) is 14.2 Å². The van der Waals surface area contributed by atoms with E-state index in [0.717, 1.165) is 5.56 Å². The predicted molar refractivity (Wildman–Crippen MR) is 55.0 cm³/mol. The summed E-state index contributed by atoms with van der Waals surface area (Å²) in [6.07, 6.45) is 0. The van der Waals surface area contributed by atoms with Crippen LogP contribution in [0.25, 0.3) is 0 Å². The van der Waals surface area contributed by atoms with Gasteiger partial charge in [-0.2, -0.15) is 0 Å². The molecule has 0 aromatic heterocycles. The summed E-state index contributed by atoms with van der Waals surface area (Å²) >= 11 is 0. The molecule has 0 aliphatic heterocycles. The lowest BCUT2D eigenvalue weighted by atomic mass is 9.93. The summed E-state index contributed by atoms with van der Waals surface area (Å²) in [6, 6.07) is 4.58. The van der Waals surface area contributed by atoms with E-state index in [-0.39, 0.29) is 11.4 Å². The van der Waals surface area contributed by atoms with Crippen molar-refractivity contribution in [2.24, 2.45) is 0 Å². The van der Waals surface area contributed by atoms with Crippen molar-refractivity contribution in [3.8, 4) is 5.75 Å². The zero-order chi connectivity index (χ0) is 10.8. The monoisotopic (exact) mass is 197 g/mol. The van der Waals surface area contributed by atoms with Crippen LogP contribution in [0.4, 0.5) is 4.39 Å². The van der Waals surface area contributed by atoms with Crippen molar-refractivity contribution in [2.45, 2.75) is 19.4 Å². The SMILES string of the molecule is CNC(C)(C)c1ccc(F)cc1OC. The Morgan fingerprint density at radius 3 is 2.50 bits per heavy atom. The summed E-state index contributed by atoms with van der Waals surface area (Å²) in [6.45, 7) is 4.03. The van der Waals surface area contributed by atoms with Crippen LogP contribution in [-0.4, -0.2) is 14.2 Å². The molecule has 1 aromatic rings. The minimum absolute atomic E-state index is 0.223. The first-order chi connectivity index (χ1) is 6.51. The van der Waals surface area contributed by atoms with Gasteiger partial charge in [0, 0.05) is 17.2 Å². The van der Waals surface area contributed by atoms with Crippen molar-refractivity contribution in [1.82, 2.24) is 5.32 Å². The van der Waals surface area contributed by atoms with Gasteiger partial charge in [-0.15, -0.1) is 0 Å². The van der Waals surface area contributed by atoms with Gasteiger partial charge in [0.05, 0.1) is 7.11 Å². The highest BCUT2D eigenvalue weighted by Gasteiger charge is 2.22. The van der Waals surface area contributed by atoms with E-state index in [9.17, 15) is 4.39 Å². The molecule has 1 N–H and O–H groups in total. The number of rotatable bonds is 3. The molecule has 3 heteroatoms. The minimum atomic E-state index is -0.280. The average Bonchev–Trinajstić information content (AvgIpc) is 2.17. The molecule has 78 valence electrons. The normalized spacial score (nSPS) is 11.5. The Morgan fingerprint density at radius 1 is 1.36 bits per heavy atom. The average molecular weight is 197 g/mol. The lowest BCUT2D eigenvalue weighted by Gasteiger charge is -2.26. The fourth-order valence-corrected chi connectivity index (χ4v) is 1.32. The standard InChI is InChI=1S/C11H16FNO/c1-11(2,13-3)9-6-5-8(12)7-10(9)14-4/h5-7,13H,1-4H3. The summed E-state index contributed by atoms with van der Waals surface area (Å²) in [5.41, 5.74) is 0.725. The van der Waals surface area contributed by atoms with Crippen molar-refractivity contribution in [1.29, 1.82) is 0 Å². The van der Waals surface area contributed by atoms with E-state index in [1.54, 1.807) is 13.2 Å². The summed E-state index contributed by atoms with van der Waals surface area (Å²) in [7, 11) is 3.41. The third-order valence-corrected chi connectivity index (χ3v) is 2.46. The fourth-order valence-electron chi connectivity index (χ4n) is 1.32. The second-order valence-corrected chi connectivity index (χ2v) is 3.72. The second kappa shape index (κ2) is 3.96. The summed E-state index contributed by atoms with van der Waals surface area (Å²) < 4.78 is 18.1. The van der Waals surface area contributed by atoms with Crippen LogP contribution in [0.15, 0.2) is 18.2 Å². The molecule has 0 saturated carbocycles. The van der Waals surface area contributed by atoms with Crippen LogP contribution in [0.1, 0.15) is 19.4 Å². The van der Waals surface area contributed by atoms with Gasteiger partial charge in [-0.3, -0.25) is 0 Å². The van der Waals surface area contributed by atoms with Gasteiger partial charge in [0.15, 0.2) is 0 Å². The highest BCUT2D eigenvalue weighted by Crippen LogP contribution is 2.29. The number of hydrogen-bond acceptors (Lipinski definition) is 2. The van der Waals surface area contributed by atoms with E-state index in [1.165, 1.54) is 12.1 Å². The molecule has 14 heavy (non-hydrogen) atoms. The van der Waals surface area contributed by atoms with Crippen molar-refractivity contribution in [3.05, 3.63) is 29.6 Å². The molecule has 0 unspecified atom stereocenters. The van der Waals surface area contributed by atoms with Crippen molar-refractivity contribution < 1.29 is 9.13 Å². The highest BCUT2D eigenvalue weighted by molar-refractivity contribution is 5.38. The first-order valence-corrected chi connectivity index (χ1v) is 4.54. The summed E-state index contributed by atoms with van der Waals surface area (Å²) in [4.78, 5) is 0. The van der Waals surface area contributed by atoms with Gasteiger partial charge in [-0.25, -0.2) is 4.39 Å². The first kappa shape index (κ1) is 11.0. The Hall–Kier alpha value is -1.09. The van der Waals surface area contributed by atoms with Crippen LogP contribution in [0.2, 0.25) is 0 Å². The molecule has 0 amide bonds. The van der Waals surface area contributed by atoms with E-state index < -0.39 is 0 Å². The summed E-state index contributed by atoms with van der Waals surface area (Å²) in [5.74, 6) is 0.293. The van der Waals surface area contributed by atoms with Crippen LogP contribution in [0.5, 0.6) is 5.75 Å². The van der Waals surface area contributed by atoms with Crippen LogP contribution in [0.3, 0.4) is 0 Å². The number of ether oxygens (including phenoxy) is 1. The third kappa shape index (κ3) is 2.04. The van der Waals surface area contributed by atoms with E-state index in [0.29, 0.717) is 5.75 Å². The molecule has 0 fully saturated rings. The lowest BCUT2D eigenvalue weighted by molar-refractivity contribution is 0.372. The molecule has 0 heterocycles. The van der Waals surface area contributed by atoms with E-state index in [2.05, 4.69) is 5.32 Å². The number of methoxy groups -OCH3 is 1. The van der Waals surface area contributed by atoms with Crippen LogP contribution in [0, 0.1) is 5.82 Å². The lowest BCUT2D eigenvalue weighted by Crippen LogP contribution is -2.33. The number of nitrogens with one attached hydrogen (secondary N) is 1. The molecule has 1 rings (SSSR count). The van der Waals surface area contributed by atoms with Crippen LogP contribution in [-0.2, 0) is 5.54 Å². The maximum absolute atomic E-state index is 12.9. The quantitative estimate of drug-likeness (QED) is 0.802. The molecule has 0 atom stereocenters. The fraction of sp³-hybridized carbons (Fsp3) is 0.455. The molecular formula is C11H16FNO. The zero-order valence-corrected chi connectivity index (χ0v) is 9.02. The predicted octanol–water partition coefficient (Wildman–Crippen LogP) is 2.29. The molecule has 0 aliphatic rings. The molecule has 0 saturated heterocycles. The van der Waals surface area contributed by atoms with Gasteiger partial charge in [-0.05, 0) is 27.0 Å². The molecule has 0 aliphatic carbocycles. The van der Waals surface area contributed by atoms with Gasteiger partial charge in [0.2, 0.25) is 0 Å². The second-order valence-electron chi connectivity index (χ2n) is 3.72. The van der Waals surface area contributed by atoms with Gasteiger partial charge < -0.3 is 10.1 Å². The smallest absolute Gasteiger partial charge is 0.126 e. The largest absolute Gasteiger partial charge is 0.496 e. The van der Waals surface area contributed by atoms with Crippen molar-refractivity contribution >= 4 is 0 Å². The number of hydrogen-bond donors (Lipinski definition) is 1.